The topological polar surface area (TPSA) is 61.6 Å². The molecule has 0 aliphatic carbocycles. The molecule has 134 valence electrons. The number of rotatable bonds is 6. The third-order valence-corrected chi connectivity index (χ3v) is 4.60. The van der Waals surface area contributed by atoms with E-state index in [1.54, 1.807) is 13.1 Å². The van der Waals surface area contributed by atoms with Crippen LogP contribution in [0.3, 0.4) is 0 Å². The molecule has 0 fully saturated rings. The third-order valence-electron chi connectivity index (χ3n) is 4.60. The Labute approximate surface area is 148 Å². The molecule has 1 atom stereocenters. The molecule has 2 aromatic rings. The number of likely N-dealkylation sites (N-methyl/N-ethyl adjacent to an activating group) is 1. The molecule has 0 bridgehead atoms. The van der Waals surface area contributed by atoms with E-state index in [0.29, 0.717) is 19.6 Å². The summed E-state index contributed by atoms with van der Waals surface area (Å²) in [6, 6.07) is 11.9. The van der Waals surface area contributed by atoms with Crippen LogP contribution in [0.5, 0.6) is 0 Å². The van der Waals surface area contributed by atoms with Crippen LogP contribution in [0.2, 0.25) is 0 Å². The zero-order chi connectivity index (χ0) is 17.8. The summed E-state index contributed by atoms with van der Waals surface area (Å²) in [7, 11) is 3.71. The summed E-state index contributed by atoms with van der Waals surface area (Å²) in [5.41, 5.74) is 3.14. The maximum Gasteiger partial charge on any atom is 0.266 e. The number of aliphatic hydroxyl groups excluding tert-OH is 1. The van der Waals surface area contributed by atoms with Crippen molar-refractivity contribution in [2.75, 3.05) is 26.7 Å². The Morgan fingerprint density at radius 1 is 1.32 bits per heavy atom. The summed E-state index contributed by atoms with van der Waals surface area (Å²) < 4.78 is 1.39. The van der Waals surface area contributed by atoms with Crippen molar-refractivity contribution in [1.82, 2.24) is 19.6 Å². The minimum absolute atomic E-state index is 0.0799. The van der Waals surface area contributed by atoms with Crippen LogP contribution in [0.15, 0.2) is 41.2 Å². The fourth-order valence-electron chi connectivity index (χ4n) is 3.38. The SMILES string of the molecule is CN(Cc1ccccc1)C[C@H](O)CN1CCc2nn(C)c(=O)cc2C1. The fraction of sp³-hybridized carbons (Fsp3) is 0.474. The van der Waals surface area contributed by atoms with E-state index in [9.17, 15) is 9.90 Å². The molecular formula is C19H26N4O2. The predicted octanol–water partition coefficient (Wildman–Crippen LogP) is 0.631. The van der Waals surface area contributed by atoms with Gasteiger partial charge in [-0.25, -0.2) is 4.68 Å². The number of aliphatic hydroxyl groups is 1. The molecule has 2 heterocycles. The van der Waals surface area contributed by atoms with Crippen molar-refractivity contribution in [3.63, 3.8) is 0 Å². The van der Waals surface area contributed by atoms with E-state index in [1.807, 2.05) is 25.2 Å². The highest BCUT2D eigenvalue weighted by Crippen LogP contribution is 2.15. The molecule has 1 aliphatic rings. The van der Waals surface area contributed by atoms with Crippen LogP contribution in [0.1, 0.15) is 16.8 Å². The van der Waals surface area contributed by atoms with E-state index in [1.165, 1.54) is 10.2 Å². The van der Waals surface area contributed by atoms with Gasteiger partial charge < -0.3 is 5.11 Å². The van der Waals surface area contributed by atoms with E-state index in [2.05, 4.69) is 27.0 Å². The molecule has 1 aromatic heterocycles. The van der Waals surface area contributed by atoms with Crippen molar-refractivity contribution in [2.24, 2.45) is 7.05 Å². The van der Waals surface area contributed by atoms with Gasteiger partial charge in [-0.2, -0.15) is 5.10 Å². The van der Waals surface area contributed by atoms with Gasteiger partial charge in [-0.3, -0.25) is 14.6 Å². The molecule has 0 amide bonds. The molecule has 6 heteroatoms. The fourth-order valence-corrected chi connectivity index (χ4v) is 3.38. The van der Waals surface area contributed by atoms with Gasteiger partial charge in [-0.05, 0) is 18.2 Å². The van der Waals surface area contributed by atoms with Gasteiger partial charge in [-0.1, -0.05) is 30.3 Å². The van der Waals surface area contributed by atoms with Crippen LogP contribution in [0, 0.1) is 0 Å². The first-order chi connectivity index (χ1) is 12.0. The molecular weight excluding hydrogens is 316 g/mol. The lowest BCUT2D eigenvalue weighted by Crippen LogP contribution is -2.42. The summed E-state index contributed by atoms with van der Waals surface area (Å²) >= 11 is 0. The Morgan fingerprint density at radius 2 is 2.08 bits per heavy atom. The number of β-amino-alcohol motifs (C(OH)–C–C–N with tert-alkyl or cyclic N) is 1. The first-order valence-electron chi connectivity index (χ1n) is 8.70. The van der Waals surface area contributed by atoms with Gasteiger partial charge in [0.2, 0.25) is 0 Å². The van der Waals surface area contributed by atoms with Crippen LogP contribution in [0.4, 0.5) is 0 Å². The van der Waals surface area contributed by atoms with Gasteiger partial charge in [0.15, 0.2) is 0 Å². The van der Waals surface area contributed by atoms with Crippen LogP contribution in [-0.2, 0) is 26.6 Å². The number of hydrogen-bond donors (Lipinski definition) is 1. The Balaban J connectivity index is 1.52. The van der Waals surface area contributed by atoms with Crippen molar-refractivity contribution in [1.29, 1.82) is 0 Å². The van der Waals surface area contributed by atoms with Gasteiger partial charge in [0.05, 0.1) is 11.8 Å². The summed E-state index contributed by atoms with van der Waals surface area (Å²) in [4.78, 5) is 16.1. The van der Waals surface area contributed by atoms with Crippen molar-refractivity contribution in [3.05, 3.63) is 63.6 Å². The van der Waals surface area contributed by atoms with E-state index in [4.69, 9.17) is 0 Å². The molecule has 0 saturated heterocycles. The summed E-state index contributed by atoms with van der Waals surface area (Å²) in [5, 5.41) is 14.8. The molecule has 0 radical (unpaired) electrons. The molecule has 6 nitrogen and oxygen atoms in total. The zero-order valence-electron chi connectivity index (χ0n) is 14.9. The average Bonchev–Trinajstić information content (AvgIpc) is 2.57. The Kier molecular flexibility index (Phi) is 5.63. The maximum absolute atomic E-state index is 11.8. The van der Waals surface area contributed by atoms with E-state index in [-0.39, 0.29) is 5.56 Å². The molecule has 0 spiro atoms. The second-order valence-corrected chi connectivity index (χ2v) is 6.90. The van der Waals surface area contributed by atoms with Crippen LogP contribution in [0.25, 0.3) is 0 Å². The largest absolute Gasteiger partial charge is 0.390 e. The first-order valence-corrected chi connectivity index (χ1v) is 8.70. The second kappa shape index (κ2) is 7.91. The number of benzene rings is 1. The molecule has 25 heavy (non-hydrogen) atoms. The lowest BCUT2D eigenvalue weighted by molar-refractivity contribution is 0.0745. The average molecular weight is 342 g/mol. The lowest BCUT2D eigenvalue weighted by Gasteiger charge is -2.31. The lowest BCUT2D eigenvalue weighted by atomic mass is 10.1. The smallest absolute Gasteiger partial charge is 0.266 e. The quantitative estimate of drug-likeness (QED) is 0.834. The number of nitrogens with zero attached hydrogens (tertiary/aromatic N) is 4. The standard InChI is InChI=1S/C19H26N4O2/c1-21(11-15-6-4-3-5-7-15)13-17(24)14-23-9-8-18-16(12-23)10-19(25)22(2)20-18/h3-7,10,17,24H,8-9,11-14H2,1-2H3/t17-/m0/s1. The summed E-state index contributed by atoms with van der Waals surface area (Å²) in [5.74, 6) is 0. The monoisotopic (exact) mass is 342 g/mol. The summed E-state index contributed by atoms with van der Waals surface area (Å²) in [6.45, 7) is 3.58. The second-order valence-electron chi connectivity index (χ2n) is 6.90. The zero-order valence-corrected chi connectivity index (χ0v) is 14.9. The van der Waals surface area contributed by atoms with Crippen LogP contribution in [-0.4, -0.2) is 57.5 Å². The number of fused-ring (bicyclic) bond motifs is 1. The molecule has 1 aliphatic heterocycles. The Hall–Kier alpha value is -2.02. The minimum atomic E-state index is -0.422. The van der Waals surface area contributed by atoms with Crippen LogP contribution < -0.4 is 5.56 Å². The Morgan fingerprint density at radius 3 is 2.84 bits per heavy atom. The van der Waals surface area contributed by atoms with Gasteiger partial charge in [0.1, 0.15) is 0 Å². The molecule has 1 aromatic carbocycles. The van der Waals surface area contributed by atoms with Gasteiger partial charge in [0, 0.05) is 52.3 Å². The number of aromatic nitrogens is 2. The third kappa shape index (κ3) is 4.75. The maximum atomic E-state index is 11.8. The van der Waals surface area contributed by atoms with E-state index >= 15 is 0 Å². The number of hydrogen-bond acceptors (Lipinski definition) is 5. The van der Waals surface area contributed by atoms with Crippen molar-refractivity contribution < 1.29 is 5.11 Å². The molecule has 0 unspecified atom stereocenters. The first kappa shape index (κ1) is 17.8. The highest BCUT2D eigenvalue weighted by Gasteiger charge is 2.21. The van der Waals surface area contributed by atoms with E-state index in [0.717, 1.165) is 30.8 Å². The summed E-state index contributed by atoms with van der Waals surface area (Å²) in [6.07, 6.45) is 0.394. The molecule has 1 N–H and O–H groups in total. The van der Waals surface area contributed by atoms with Gasteiger partial charge >= 0.3 is 0 Å². The minimum Gasteiger partial charge on any atom is -0.390 e. The molecule has 0 saturated carbocycles. The highest BCUT2D eigenvalue weighted by molar-refractivity contribution is 5.20. The van der Waals surface area contributed by atoms with Crippen molar-refractivity contribution in [2.45, 2.75) is 25.6 Å². The number of aryl methyl sites for hydroxylation is 1. The van der Waals surface area contributed by atoms with Gasteiger partial charge in [0.25, 0.3) is 5.56 Å². The van der Waals surface area contributed by atoms with Crippen molar-refractivity contribution in [3.8, 4) is 0 Å². The predicted molar refractivity (Wildman–Crippen MR) is 97.2 cm³/mol. The Bertz CT molecular complexity index is 760. The highest BCUT2D eigenvalue weighted by atomic mass is 16.3. The van der Waals surface area contributed by atoms with Crippen molar-refractivity contribution >= 4 is 0 Å². The molecule has 3 rings (SSSR count). The van der Waals surface area contributed by atoms with Gasteiger partial charge in [-0.15, -0.1) is 0 Å². The van der Waals surface area contributed by atoms with Crippen LogP contribution >= 0.6 is 0 Å². The normalized spacial score (nSPS) is 16.0. The van der Waals surface area contributed by atoms with E-state index < -0.39 is 6.10 Å².